The maximum Gasteiger partial charge on any atom is 0.407 e. The third-order valence-corrected chi connectivity index (χ3v) is 4.37. The van der Waals surface area contributed by atoms with Crippen molar-refractivity contribution in [1.82, 2.24) is 10.3 Å². The van der Waals surface area contributed by atoms with Crippen molar-refractivity contribution in [1.29, 1.82) is 0 Å². The first-order valence-corrected chi connectivity index (χ1v) is 10.5. The molecule has 0 aliphatic heterocycles. The highest BCUT2D eigenvalue weighted by Gasteiger charge is 2.21. The minimum atomic E-state index is -1.12. The fourth-order valence-electron chi connectivity index (χ4n) is 2.81. The predicted molar refractivity (Wildman–Crippen MR) is 120 cm³/mol. The van der Waals surface area contributed by atoms with Gasteiger partial charge in [-0.3, -0.25) is 0 Å². The van der Waals surface area contributed by atoms with E-state index in [1.54, 1.807) is 24.3 Å². The van der Waals surface area contributed by atoms with Crippen molar-refractivity contribution in [3.05, 3.63) is 48.2 Å². The normalized spacial score (nSPS) is 11.5. The van der Waals surface area contributed by atoms with Gasteiger partial charge in [0.1, 0.15) is 11.2 Å². The zero-order valence-electron chi connectivity index (χ0n) is 19.3. The molecule has 174 valence electrons. The minimum Gasteiger partial charge on any atom is -0.489 e. The van der Waals surface area contributed by atoms with Gasteiger partial charge in [0, 0.05) is 12.7 Å². The van der Waals surface area contributed by atoms with E-state index < -0.39 is 17.7 Å². The summed E-state index contributed by atoms with van der Waals surface area (Å²) in [6, 6.07) is 10.0. The molecule has 0 saturated carbocycles. The Morgan fingerprint density at radius 3 is 2.38 bits per heavy atom. The number of amides is 1. The molecule has 0 spiro atoms. The van der Waals surface area contributed by atoms with Gasteiger partial charge in [0.05, 0.1) is 6.61 Å². The Labute approximate surface area is 188 Å². The van der Waals surface area contributed by atoms with Crippen LogP contribution in [0.3, 0.4) is 0 Å². The van der Waals surface area contributed by atoms with Crippen LogP contribution in [-0.4, -0.2) is 40.9 Å². The van der Waals surface area contributed by atoms with Crippen molar-refractivity contribution in [3.63, 3.8) is 0 Å². The Balaban J connectivity index is 1.91. The second kappa shape index (κ2) is 10.8. The van der Waals surface area contributed by atoms with E-state index >= 15 is 0 Å². The molecule has 0 radical (unpaired) electrons. The Morgan fingerprint density at radius 1 is 1.03 bits per heavy atom. The highest BCUT2D eigenvalue weighted by Crippen LogP contribution is 2.33. The third-order valence-electron chi connectivity index (χ3n) is 4.37. The van der Waals surface area contributed by atoms with Crippen LogP contribution >= 0.6 is 0 Å². The molecule has 32 heavy (non-hydrogen) atoms. The van der Waals surface area contributed by atoms with E-state index in [1.807, 2.05) is 26.8 Å². The Morgan fingerprint density at radius 2 is 1.72 bits per heavy atom. The Kier molecular flexibility index (Phi) is 8.46. The summed E-state index contributed by atoms with van der Waals surface area (Å²) >= 11 is 0. The number of aromatic carboxylic acids is 1. The lowest BCUT2D eigenvalue weighted by Gasteiger charge is -2.25. The summed E-state index contributed by atoms with van der Waals surface area (Å²) in [5, 5.41) is 12.1. The van der Waals surface area contributed by atoms with Crippen molar-refractivity contribution in [2.24, 2.45) is 5.41 Å². The zero-order valence-corrected chi connectivity index (χ0v) is 19.3. The number of hydrogen-bond acceptors (Lipinski definition) is 6. The highest BCUT2D eigenvalue weighted by atomic mass is 16.6. The summed E-state index contributed by atoms with van der Waals surface area (Å²) in [6.07, 6.45) is 2.63. The number of para-hydroxylation sites is 2. The summed E-state index contributed by atoms with van der Waals surface area (Å²) in [5.41, 5.74) is -0.715. The standard InChI is InChI=1S/C24H32N2O6/c1-23(2,3)32-22(29)26-15-9-13-24(4,5)16-30-18-11-6-7-12-19(18)31-20-17(21(27)28)10-8-14-25-20/h6-8,10-12,14H,9,13,15-16H2,1-5H3,(H,26,29)(H,27,28). The summed E-state index contributed by atoms with van der Waals surface area (Å²) in [6.45, 7) is 10.5. The molecule has 0 unspecified atom stereocenters. The number of aromatic nitrogens is 1. The fourth-order valence-corrected chi connectivity index (χ4v) is 2.81. The molecule has 8 nitrogen and oxygen atoms in total. The van der Waals surface area contributed by atoms with Gasteiger partial charge in [-0.05, 0) is 63.3 Å². The summed E-state index contributed by atoms with van der Waals surface area (Å²) < 4.78 is 17.0. The number of carbonyl (C=O) groups excluding carboxylic acids is 1. The zero-order chi connectivity index (χ0) is 23.8. The first kappa shape index (κ1) is 25.0. The van der Waals surface area contributed by atoms with E-state index in [1.165, 1.54) is 12.3 Å². The molecule has 0 aliphatic rings. The van der Waals surface area contributed by atoms with Crippen LogP contribution in [0.4, 0.5) is 4.79 Å². The molecule has 0 atom stereocenters. The van der Waals surface area contributed by atoms with Crippen LogP contribution < -0.4 is 14.8 Å². The average Bonchev–Trinajstić information content (AvgIpc) is 2.70. The van der Waals surface area contributed by atoms with Gasteiger partial charge in [-0.2, -0.15) is 0 Å². The largest absolute Gasteiger partial charge is 0.489 e. The van der Waals surface area contributed by atoms with Crippen molar-refractivity contribution < 1.29 is 28.9 Å². The monoisotopic (exact) mass is 444 g/mol. The number of alkyl carbamates (subject to hydrolysis) is 1. The van der Waals surface area contributed by atoms with Crippen LogP contribution in [0.15, 0.2) is 42.6 Å². The lowest BCUT2D eigenvalue weighted by molar-refractivity contribution is 0.0523. The van der Waals surface area contributed by atoms with Gasteiger partial charge in [-0.25, -0.2) is 14.6 Å². The lowest BCUT2D eigenvalue weighted by atomic mass is 9.89. The van der Waals surface area contributed by atoms with E-state index in [-0.39, 0.29) is 16.9 Å². The minimum absolute atomic E-state index is 0.00327. The Bertz CT molecular complexity index is 921. The quantitative estimate of drug-likeness (QED) is 0.480. The molecule has 1 aromatic carbocycles. The smallest absolute Gasteiger partial charge is 0.407 e. The van der Waals surface area contributed by atoms with Gasteiger partial charge in [-0.15, -0.1) is 0 Å². The lowest BCUT2D eigenvalue weighted by Crippen LogP contribution is -2.33. The second-order valence-electron chi connectivity index (χ2n) is 9.20. The molecule has 8 heteroatoms. The number of nitrogens with zero attached hydrogens (tertiary/aromatic N) is 1. The van der Waals surface area contributed by atoms with Crippen molar-refractivity contribution in [3.8, 4) is 17.4 Å². The molecule has 2 aromatic rings. The van der Waals surface area contributed by atoms with Gasteiger partial charge >= 0.3 is 12.1 Å². The van der Waals surface area contributed by atoms with Gasteiger partial charge < -0.3 is 24.6 Å². The predicted octanol–water partition coefficient (Wildman–Crippen LogP) is 5.28. The van der Waals surface area contributed by atoms with E-state index in [0.29, 0.717) is 24.7 Å². The first-order valence-electron chi connectivity index (χ1n) is 10.5. The van der Waals surface area contributed by atoms with Gasteiger partial charge in [-0.1, -0.05) is 26.0 Å². The maximum absolute atomic E-state index is 11.7. The number of hydrogen-bond donors (Lipinski definition) is 2. The van der Waals surface area contributed by atoms with E-state index in [0.717, 1.165) is 12.8 Å². The number of nitrogens with one attached hydrogen (secondary N) is 1. The molecular formula is C24H32N2O6. The number of pyridine rings is 1. The fraction of sp³-hybridized carbons (Fsp3) is 0.458. The summed E-state index contributed by atoms with van der Waals surface area (Å²) in [5.74, 6) is -0.235. The van der Waals surface area contributed by atoms with Gasteiger partial charge in [0.2, 0.25) is 5.88 Å². The van der Waals surface area contributed by atoms with Gasteiger partial charge in [0.25, 0.3) is 0 Å². The van der Waals surface area contributed by atoms with Crippen LogP contribution in [-0.2, 0) is 4.74 Å². The average molecular weight is 445 g/mol. The van der Waals surface area contributed by atoms with Crippen LogP contribution in [0, 0.1) is 5.41 Å². The maximum atomic E-state index is 11.7. The number of carboxylic acids is 1. The molecule has 0 saturated heterocycles. The third kappa shape index (κ3) is 8.45. The van der Waals surface area contributed by atoms with Crippen LogP contribution in [0.25, 0.3) is 0 Å². The van der Waals surface area contributed by atoms with Crippen molar-refractivity contribution >= 4 is 12.1 Å². The summed E-state index contributed by atoms with van der Waals surface area (Å²) in [4.78, 5) is 27.2. The molecule has 2 rings (SSSR count). The van der Waals surface area contributed by atoms with E-state index in [9.17, 15) is 14.7 Å². The molecule has 1 heterocycles. The molecule has 1 aromatic heterocycles. The van der Waals surface area contributed by atoms with Gasteiger partial charge in [0.15, 0.2) is 11.5 Å². The van der Waals surface area contributed by atoms with Crippen LogP contribution in [0.5, 0.6) is 17.4 Å². The molecule has 2 N–H and O–H groups in total. The summed E-state index contributed by atoms with van der Waals surface area (Å²) in [7, 11) is 0. The highest BCUT2D eigenvalue weighted by molar-refractivity contribution is 5.90. The van der Waals surface area contributed by atoms with E-state index in [4.69, 9.17) is 14.2 Å². The van der Waals surface area contributed by atoms with E-state index in [2.05, 4.69) is 24.1 Å². The molecular weight excluding hydrogens is 412 g/mol. The van der Waals surface area contributed by atoms with Crippen molar-refractivity contribution in [2.45, 2.75) is 53.1 Å². The molecule has 0 aliphatic carbocycles. The number of carboxylic acid groups (broad SMARTS) is 1. The number of ether oxygens (including phenoxy) is 3. The second-order valence-corrected chi connectivity index (χ2v) is 9.20. The molecule has 0 bridgehead atoms. The first-order chi connectivity index (χ1) is 15.0. The molecule has 1 amide bonds. The topological polar surface area (TPSA) is 107 Å². The molecule has 0 fully saturated rings. The number of rotatable bonds is 10. The number of benzene rings is 1. The number of carbonyl (C=O) groups is 2. The van der Waals surface area contributed by atoms with Crippen LogP contribution in [0.2, 0.25) is 0 Å². The van der Waals surface area contributed by atoms with Crippen LogP contribution in [0.1, 0.15) is 57.8 Å². The SMILES string of the molecule is CC(C)(CCCNC(=O)OC(C)(C)C)COc1ccccc1Oc1ncccc1C(=O)O. The Hall–Kier alpha value is -3.29. The van der Waals surface area contributed by atoms with Crippen molar-refractivity contribution in [2.75, 3.05) is 13.2 Å².